The van der Waals surface area contributed by atoms with E-state index in [0.717, 1.165) is 45.8 Å². The lowest BCUT2D eigenvalue weighted by molar-refractivity contribution is 0.0731. The van der Waals surface area contributed by atoms with E-state index in [9.17, 15) is 4.79 Å². The number of aromatic amines is 1. The molecular formula is C21H25N5O. The summed E-state index contributed by atoms with van der Waals surface area (Å²) in [6.45, 7) is 9.19. The maximum absolute atomic E-state index is 13.0. The average Bonchev–Trinajstić information content (AvgIpc) is 3.25. The Kier molecular flexibility index (Phi) is 5.64. The van der Waals surface area contributed by atoms with Gasteiger partial charge in [-0.15, -0.1) is 0 Å². The molecule has 140 valence electrons. The second-order valence-electron chi connectivity index (χ2n) is 6.34. The van der Waals surface area contributed by atoms with Crippen molar-refractivity contribution in [3.8, 4) is 11.4 Å². The van der Waals surface area contributed by atoms with E-state index in [-0.39, 0.29) is 5.91 Å². The van der Waals surface area contributed by atoms with Gasteiger partial charge < -0.3 is 4.90 Å². The average molecular weight is 363 g/mol. The molecule has 6 heteroatoms. The van der Waals surface area contributed by atoms with E-state index in [0.29, 0.717) is 13.1 Å². The highest BCUT2D eigenvalue weighted by molar-refractivity contribution is 5.96. The van der Waals surface area contributed by atoms with Crippen molar-refractivity contribution >= 4 is 5.91 Å². The van der Waals surface area contributed by atoms with Gasteiger partial charge in [0.1, 0.15) is 6.33 Å². The molecule has 0 saturated carbocycles. The maximum Gasteiger partial charge on any atom is 0.254 e. The first-order valence-corrected chi connectivity index (χ1v) is 9.33. The maximum atomic E-state index is 13.0. The van der Waals surface area contributed by atoms with Gasteiger partial charge in [0.15, 0.2) is 0 Å². The lowest BCUT2D eigenvalue weighted by atomic mass is 9.98. The molecule has 27 heavy (non-hydrogen) atoms. The molecule has 3 heterocycles. The number of nitrogens with one attached hydrogen (secondary N) is 1. The standard InChI is InChI=1S/C19H19N5O.C2H6/c1-12-4-3-5-14(13(12)2)19(25)24-9-7-15-17(10-24)20-11-21-18(15)16-6-8-22-23-16;1-2/h3-6,8,11H,7,9-10H2,1-2H3,(H,22,23);1-2H3. The van der Waals surface area contributed by atoms with Gasteiger partial charge in [0.2, 0.25) is 0 Å². The predicted octanol–water partition coefficient (Wildman–Crippen LogP) is 3.71. The number of aryl methyl sites for hydroxylation is 1. The minimum atomic E-state index is 0.0635. The molecule has 1 aliphatic heterocycles. The molecule has 6 nitrogen and oxygen atoms in total. The van der Waals surface area contributed by atoms with Crippen LogP contribution in [0, 0.1) is 13.8 Å². The van der Waals surface area contributed by atoms with Crippen LogP contribution in [0.4, 0.5) is 0 Å². The van der Waals surface area contributed by atoms with E-state index in [2.05, 4.69) is 20.2 Å². The van der Waals surface area contributed by atoms with Crippen LogP contribution >= 0.6 is 0 Å². The summed E-state index contributed by atoms with van der Waals surface area (Å²) in [7, 11) is 0. The normalized spacial score (nSPS) is 12.8. The summed E-state index contributed by atoms with van der Waals surface area (Å²) in [6, 6.07) is 7.76. The number of nitrogens with zero attached hydrogens (tertiary/aromatic N) is 4. The van der Waals surface area contributed by atoms with Gasteiger partial charge in [0.05, 0.1) is 23.6 Å². The summed E-state index contributed by atoms with van der Waals surface area (Å²) in [6.07, 6.45) is 4.00. The largest absolute Gasteiger partial charge is 0.332 e. The van der Waals surface area contributed by atoms with Crippen LogP contribution in [0.1, 0.15) is 46.6 Å². The van der Waals surface area contributed by atoms with Crippen molar-refractivity contribution in [2.45, 2.75) is 40.7 Å². The number of carbonyl (C=O) groups excluding carboxylic acids is 1. The van der Waals surface area contributed by atoms with Crippen LogP contribution in [0.2, 0.25) is 0 Å². The summed E-state index contributed by atoms with van der Waals surface area (Å²) in [5, 5.41) is 6.95. The molecular weight excluding hydrogens is 338 g/mol. The Labute approximate surface area is 159 Å². The molecule has 1 amide bonds. The molecule has 1 aliphatic rings. The van der Waals surface area contributed by atoms with E-state index in [1.165, 1.54) is 0 Å². The Hall–Kier alpha value is -3.02. The molecule has 0 spiro atoms. The van der Waals surface area contributed by atoms with Crippen LogP contribution in [-0.2, 0) is 13.0 Å². The predicted molar refractivity (Wildman–Crippen MR) is 105 cm³/mol. The number of benzene rings is 1. The third-order valence-electron chi connectivity index (χ3n) is 4.89. The minimum absolute atomic E-state index is 0.0635. The molecule has 0 atom stereocenters. The zero-order valence-electron chi connectivity index (χ0n) is 16.3. The van der Waals surface area contributed by atoms with E-state index in [1.54, 1.807) is 12.5 Å². The minimum Gasteiger partial charge on any atom is -0.332 e. The Morgan fingerprint density at radius 1 is 1.15 bits per heavy atom. The van der Waals surface area contributed by atoms with Gasteiger partial charge in [-0.1, -0.05) is 26.0 Å². The molecule has 1 N–H and O–H groups in total. The molecule has 1 aromatic carbocycles. The van der Waals surface area contributed by atoms with Gasteiger partial charge in [-0.25, -0.2) is 9.97 Å². The molecule has 3 aromatic rings. The van der Waals surface area contributed by atoms with E-state index >= 15 is 0 Å². The fourth-order valence-corrected chi connectivity index (χ4v) is 3.30. The monoisotopic (exact) mass is 363 g/mol. The van der Waals surface area contributed by atoms with Crippen LogP contribution in [0.3, 0.4) is 0 Å². The number of H-pyrrole nitrogens is 1. The van der Waals surface area contributed by atoms with E-state index in [4.69, 9.17) is 0 Å². The molecule has 0 unspecified atom stereocenters. The third kappa shape index (κ3) is 3.60. The van der Waals surface area contributed by atoms with E-state index in [1.807, 2.05) is 56.9 Å². The van der Waals surface area contributed by atoms with Crippen molar-refractivity contribution in [3.63, 3.8) is 0 Å². The topological polar surface area (TPSA) is 74.8 Å². The van der Waals surface area contributed by atoms with E-state index < -0.39 is 0 Å². The van der Waals surface area contributed by atoms with Crippen molar-refractivity contribution < 1.29 is 4.79 Å². The van der Waals surface area contributed by atoms with Gasteiger partial charge in [0.25, 0.3) is 5.91 Å². The highest BCUT2D eigenvalue weighted by Gasteiger charge is 2.26. The summed E-state index contributed by atoms with van der Waals surface area (Å²) < 4.78 is 0. The van der Waals surface area contributed by atoms with Gasteiger partial charge in [-0.2, -0.15) is 5.10 Å². The fourth-order valence-electron chi connectivity index (χ4n) is 3.30. The second-order valence-corrected chi connectivity index (χ2v) is 6.34. The Morgan fingerprint density at radius 3 is 2.70 bits per heavy atom. The molecule has 0 saturated heterocycles. The second kappa shape index (κ2) is 8.12. The van der Waals surface area contributed by atoms with Crippen LogP contribution in [0.5, 0.6) is 0 Å². The molecule has 0 bridgehead atoms. The van der Waals surface area contributed by atoms with Gasteiger partial charge in [0, 0.05) is 23.9 Å². The number of hydrogen-bond donors (Lipinski definition) is 1. The Balaban J connectivity index is 0.00000102. The first-order valence-electron chi connectivity index (χ1n) is 9.33. The number of amides is 1. The third-order valence-corrected chi connectivity index (χ3v) is 4.89. The summed E-state index contributed by atoms with van der Waals surface area (Å²) in [5.74, 6) is 0.0635. The number of hydrogen-bond acceptors (Lipinski definition) is 4. The first kappa shape index (κ1) is 18.8. The number of fused-ring (bicyclic) bond motifs is 1. The zero-order valence-corrected chi connectivity index (χ0v) is 16.3. The van der Waals surface area contributed by atoms with Crippen LogP contribution in [-0.4, -0.2) is 37.5 Å². The lowest BCUT2D eigenvalue weighted by Crippen LogP contribution is -2.37. The molecule has 0 aliphatic carbocycles. The summed E-state index contributed by atoms with van der Waals surface area (Å²) >= 11 is 0. The summed E-state index contributed by atoms with van der Waals surface area (Å²) in [5.41, 5.74) is 6.70. The van der Waals surface area contributed by atoms with Crippen molar-refractivity contribution in [3.05, 3.63) is 64.7 Å². The number of rotatable bonds is 2. The molecule has 0 radical (unpaired) electrons. The Bertz CT molecular complexity index is 934. The van der Waals surface area contributed by atoms with Gasteiger partial charge in [-0.3, -0.25) is 9.89 Å². The van der Waals surface area contributed by atoms with Crippen LogP contribution < -0.4 is 0 Å². The molecule has 4 rings (SSSR count). The SMILES string of the molecule is CC.Cc1cccc(C(=O)N2CCc3c(ncnc3-c3ccn[nH]3)C2)c1C. The molecule has 2 aromatic heterocycles. The number of aromatic nitrogens is 4. The van der Waals surface area contributed by atoms with Crippen LogP contribution in [0.15, 0.2) is 36.8 Å². The smallest absolute Gasteiger partial charge is 0.254 e. The van der Waals surface area contributed by atoms with Gasteiger partial charge >= 0.3 is 0 Å². The van der Waals surface area contributed by atoms with Crippen molar-refractivity contribution in [1.29, 1.82) is 0 Å². The number of carbonyl (C=O) groups is 1. The summed E-state index contributed by atoms with van der Waals surface area (Å²) in [4.78, 5) is 23.7. The highest BCUT2D eigenvalue weighted by atomic mass is 16.2. The highest BCUT2D eigenvalue weighted by Crippen LogP contribution is 2.27. The Morgan fingerprint density at radius 2 is 1.96 bits per heavy atom. The van der Waals surface area contributed by atoms with Crippen molar-refractivity contribution in [2.24, 2.45) is 0 Å². The quantitative estimate of drug-likeness (QED) is 0.753. The van der Waals surface area contributed by atoms with Crippen molar-refractivity contribution in [2.75, 3.05) is 6.54 Å². The first-order chi connectivity index (χ1) is 13.1. The van der Waals surface area contributed by atoms with Gasteiger partial charge in [-0.05, 0) is 43.5 Å². The van der Waals surface area contributed by atoms with Crippen molar-refractivity contribution in [1.82, 2.24) is 25.1 Å². The van der Waals surface area contributed by atoms with Crippen LogP contribution in [0.25, 0.3) is 11.4 Å². The lowest BCUT2D eigenvalue weighted by Gasteiger charge is -2.29. The zero-order chi connectivity index (χ0) is 19.4. The molecule has 0 fully saturated rings. The fraction of sp³-hybridized carbons (Fsp3) is 0.333.